The Bertz CT molecular complexity index is 454. The van der Waals surface area contributed by atoms with Gasteiger partial charge in [0.15, 0.2) is 0 Å². The molecule has 1 heteroatoms. The summed E-state index contributed by atoms with van der Waals surface area (Å²) in [7, 11) is 0. The quantitative estimate of drug-likeness (QED) is 0.324. The summed E-state index contributed by atoms with van der Waals surface area (Å²) in [6.07, 6.45) is 11.0. The van der Waals surface area contributed by atoms with Crippen LogP contribution in [0.4, 0.5) is 0 Å². The smallest absolute Gasteiger partial charge is 0.0307 e. The van der Waals surface area contributed by atoms with Crippen LogP contribution in [0.5, 0.6) is 0 Å². The van der Waals surface area contributed by atoms with Gasteiger partial charge in [-0.25, -0.2) is 0 Å². The predicted octanol–water partition coefficient (Wildman–Crippen LogP) is 6.30. The predicted molar refractivity (Wildman–Crippen MR) is 94.3 cm³/mol. The average molecular weight is 286 g/mol. The lowest BCUT2D eigenvalue weighted by molar-refractivity contribution is 0.929. The van der Waals surface area contributed by atoms with E-state index in [1.54, 1.807) is 0 Å². The number of hydrogen-bond donors (Lipinski definition) is 1. The van der Waals surface area contributed by atoms with Gasteiger partial charge in [-0.3, -0.25) is 0 Å². The van der Waals surface area contributed by atoms with Crippen LogP contribution >= 0.6 is 12.6 Å². The van der Waals surface area contributed by atoms with E-state index in [4.69, 9.17) is 0 Å². The van der Waals surface area contributed by atoms with E-state index < -0.39 is 0 Å². The zero-order valence-electron chi connectivity index (χ0n) is 12.7. The molecule has 0 spiro atoms. The number of unbranched alkanes of at least 4 members (excludes halogenated alkanes) is 1. The summed E-state index contributed by atoms with van der Waals surface area (Å²) in [5.74, 6) is 0. The summed E-state index contributed by atoms with van der Waals surface area (Å²) in [5.41, 5.74) is 3.71. The molecular weight excluding hydrogens is 260 g/mol. The van der Waals surface area contributed by atoms with Crippen LogP contribution in [0.15, 0.2) is 66.3 Å². The SMILES string of the molecule is C=C(CC(S)c1ccccc1)/C(C)=C/C/C=C\CCC. The standard InChI is InChI=1S/C19H26S/c1-4-5-6-7-9-12-16(2)17(3)15-19(20)18-13-10-8-11-14-18/h6-8,10-14,19-20H,3-5,9,15H2,1-2H3/b7-6-,16-12+. The van der Waals surface area contributed by atoms with Crippen LogP contribution in [0.25, 0.3) is 0 Å². The summed E-state index contributed by atoms with van der Waals surface area (Å²) in [6.45, 7) is 8.53. The van der Waals surface area contributed by atoms with Crippen LogP contribution in [-0.4, -0.2) is 0 Å². The average Bonchev–Trinajstić information content (AvgIpc) is 2.47. The molecule has 0 N–H and O–H groups in total. The van der Waals surface area contributed by atoms with E-state index in [9.17, 15) is 0 Å². The van der Waals surface area contributed by atoms with Crippen LogP contribution in [0.2, 0.25) is 0 Å². The Morgan fingerprint density at radius 3 is 2.60 bits per heavy atom. The summed E-state index contributed by atoms with van der Waals surface area (Å²) >= 11 is 4.69. The third kappa shape index (κ3) is 6.29. The maximum absolute atomic E-state index is 4.69. The van der Waals surface area contributed by atoms with Crippen molar-refractivity contribution in [1.82, 2.24) is 0 Å². The van der Waals surface area contributed by atoms with Gasteiger partial charge in [-0.2, -0.15) is 12.6 Å². The molecule has 0 fully saturated rings. The van der Waals surface area contributed by atoms with Gasteiger partial charge in [0.05, 0.1) is 0 Å². The highest BCUT2D eigenvalue weighted by molar-refractivity contribution is 7.80. The van der Waals surface area contributed by atoms with Crippen molar-refractivity contribution >= 4 is 12.6 Å². The van der Waals surface area contributed by atoms with Crippen LogP contribution in [0, 0.1) is 0 Å². The Balaban J connectivity index is 2.47. The highest BCUT2D eigenvalue weighted by atomic mass is 32.1. The molecule has 1 aromatic rings. The molecule has 0 aliphatic carbocycles. The molecule has 1 aromatic carbocycles. The normalized spacial score (nSPS) is 13.7. The first-order valence-electron chi connectivity index (χ1n) is 7.38. The molecule has 1 rings (SSSR count). The van der Waals surface area contributed by atoms with Gasteiger partial charge in [-0.05, 0) is 31.7 Å². The zero-order valence-corrected chi connectivity index (χ0v) is 13.6. The van der Waals surface area contributed by atoms with Crippen molar-refractivity contribution in [3.05, 3.63) is 71.8 Å². The minimum absolute atomic E-state index is 0.225. The number of rotatable bonds is 8. The lowest BCUT2D eigenvalue weighted by Gasteiger charge is -2.13. The van der Waals surface area contributed by atoms with E-state index in [1.807, 2.05) is 6.07 Å². The van der Waals surface area contributed by atoms with Crippen molar-refractivity contribution in [2.75, 3.05) is 0 Å². The fourth-order valence-corrected chi connectivity index (χ4v) is 2.35. The number of hydrogen-bond acceptors (Lipinski definition) is 1. The molecule has 0 radical (unpaired) electrons. The first-order chi connectivity index (χ1) is 9.65. The van der Waals surface area contributed by atoms with Gasteiger partial charge in [0.25, 0.3) is 0 Å². The van der Waals surface area contributed by atoms with Crippen LogP contribution in [0.1, 0.15) is 50.3 Å². The fourth-order valence-electron chi connectivity index (χ4n) is 1.96. The van der Waals surface area contributed by atoms with Crippen LogP contribution in [-0.2, 0) is 0 Å². The Labute approximate surface area is 129 Å². The third-order valence-electron chi connectivity index (χ3n) is 3.36. The van der Waals surface area contributed by atoms with E-state index in [1.165, 1.54) is 29.6 Å². The number of allylic oxidation sites excluding steroid dienone is 5. The lowest BCUT2D eigenvalue weighted by atomic mass is 9.99. The molecule has 0 nitrogen and oxygen atoms in total. The molecule has 0 amide bonds. The molecule has 1 atom stereocenters. The van der Waals surface area contributed by atoms with Gasteiger partial charge in [0.2, 0.25) is 0 Å². The topological polar surface area (TPSA) is 0 Å². The largest absolute Gasteiger partial charge is 0.171 e. The van der Waals surface area contributed by atoms with E-state index in [0.29, 0.717) is 0 Å². The summed E-state index contributed by atoms with van der Waals surface area (Å²) in [6, 6.07) is 10.4. The monoisotopic (exact) mass is 286 g/mol. The molecule has 0 aliphatic heterocycles. The minimum Gasteiger partial charge on any atom is -0.171 e. The van der Waals surface area contributed by atoms with Gasteiger partial charge in [0.1, 0.15) is 0 Å². The van der Waals surface area contributed by atoms with Gasteiger partial charge in [-0.1, -0.05) is 79.6 Å². The lowest BCUT2D eigenvalue weighted by Crippen LogP contribution is -1.94. The number of benzene rings is 1. The second kappa shape index (κ2) is 9.66. The molecule has 0 saturated heterocycles. The van der Waals surface area contributed by atoms with Crippen LogP contribution in [0.3, 0.4) is 0 Å². The Morgan fingerprint density at radius 1 is 1.25 bits per heavy atom. The van der Waals surface area contributed by atoms with E-state index in [-0.39, 0.29) is 5.25 Å². The van der Waals surface area contributed by atoms with E-state index >= 15 is 0 Å². The maximum atomic E-state index is 4.69. The Kier molecular flexibility index (Phi) is 8.13. The molecule has 20 heavy (non-hydrogen) atoms. The van der Waals surface area contributed by atoms with E-state index in [0.717, 1.165) is 12.8 Å². The minimum atomic E-state index is 0.225. The highest BCUT2D eigenvalue weighted by Crippen LogP contribution is 2.29. The van der Waals surface area contributed by atoms with Crippen molar-refractivity contribution in [3.8, 4) is 0 Å². The summed E-state index contributed by atoms with van der Waals surface area (Å²) in [5, 5.41) is 0.225. The van der Waals surface area contributed by atoms with E-state index in [2.05, 4.69) is 75.5 Å². The van der Waals surface area contributed by atoms with Crippen molar-refractivity contribution in [3.63, 3.8) is 0 Å². The van der Waals surface area contributed by atoms with Crippen LogP contribution < -0.4 is 0 Å². The highest BCUT2D eigenvalue weighted by Gasteiger charge is 2.08. The molecule has 0 bridgehead atoms. The van der Waals surface area contributed by atoms with Crippen molar-refractivity contribution in [2.45, 2.75) is 44.8 Å². The second-order valence-electron chi connectivity index (χ2n) is 5.12. The molecule has 0 saturated carbocycles. The Hall–Kier alpha value is -1.21. The van der Waals surface area contributed by atoms with Crippen molar-refractivity contribution < 1.29 is 0 Å². The summed E-state index contributed by atoms with van der Waals surface area (Å²) < 4.78 is 0. The van der Waals surface area contributed by atoms with Gasteiger partial charge < -0.3 is 0 Å². The molecule has 108 valence electrons. The number of thiol groups is 1. The van der Waals surface area contributed by atoms with Gasteiger partial charge >= 0.3 is 0 Å². The summed E-state index contributed by atoms with van der Waals surface area (Å²) in [4.78, 5) is 0. The molecule has 1 unspecified atom stereocenters. The molecule has 0 aromatic heterocycles. The fraction of sp³-hybridized carbons (Fsp3) is 0.368. The molecule has 0 heterocycles. The third-order valence-corrected chi connectivity index (χ3v) is 3.84. The maximum Gasteiger partial charge on any atom is 0.0307 e. The molecular formula is C19H26S. The molecule has 0 aliphatic rings. The first kappa shape index (κ1) is 16.8. The van der Waals surface area contributed by atoms with Crippen molar-refractivity contribution in [2.24, 2.45) is 0 Å². The zero-order chi connectivity index (χ0) is 14.8. The second-order valence-corrected chi connectivity index (χ2v) is 5.74. The van der Waals surface area contributed by atoms with Gasteiger partial charge in [0, 0.05) is 5.25 Å². The first-order valence-corrected chi connectivity index (χ1v) is 7.89. The Morgan fingerprint density at radius 2 is 1.95 bits per heavy atom. The van der Waals surface area contributed by atoms with Gasteiger partial charge in [-0.15, -0.1) is 0 Å². The van der Waals surface area contributed by atoms with Crippen molar-refractivity contribution in [1.29, 1.82) is 0 Å².